The molecule has 2 heteroatoms. The molecule has 0 amide bonds. The summed E-state index contributed by atoms with van der Waals surface area (Å²) in [5.41, 5.74) is 14.7. The molecule has 0 bridgehead atoms. The molecule has 0 fully saturated rings. The van der Waals surface area contributed by atoms with Gasteiger partial charge in [0.25, 0.3) is 0 Å². The Balaban J connectivity index is 1.02. The Hall–Kier alpha value is -6.74. The first-order chi connectivity index (χ1) is 24.0. The quantitative estimate of drug-likeness (QED) is 0.105. The lowest BCUT2D eigenvalue weighted by Crippen LogP contribution is -1.92. The van der Waals surface area contributed by atoms with E-state index < -0.39 is 0 Å². The van der Waals surface area contributed by atoms with Crippen molar-refractivity contribution in [2.75, 3.05) is 0 Å². The summed E-state index contributed by atoms with van der Waals surface area (Å²) in [6.07, 6.45) is 3.53. The Morgan fingerprint density at radius 2 is 0.735 bits per heavy atom. The molecule has 7 rings (SSSR count). The summed E-state index contributed by atoms with van der Waals surface area (Å²) >= 11 is 0. The van der Waals surface area contributed by atoms with E-state index in [1.54, 1.807) is 24.3 Å². The highest BCUT2D eigenvalue weighted by Crippen LogP contribution is 2.40. The molecule has 0 spiro atoms. The van der Waals surface area contributed by atoms with E-state index in [-0.39, 0.29) is 11.6 Å². The minimum Gasteiger partial charge on any atom is -0.289 e. The van der Waals surface area contributed by atoms with Crippen molar-refractivity contribution in [2.45, 2.75) is 6.42 Å². The summed E-state index contributed by atoms with van der Waals surface area (Å²) in [7, 11) is 0. The number of benzene rings is 6. The average molecular weight is 627 g/mol. The highest BCUT2D eigenvalue weighted by Gasteiger charge is 2.19. The van der Waals surface area contributed by atoms with E-state index in [9.17, 15) is 9.59 Å². The lowest BCUT2D eigenvalue weighted by atomic mass is 9.97. The van der Waals surface area contributed by atoms with Crippen molar-refractivity contribution in [1.82, 2.24) is 0 Å². The zero-order valence-corrected chi connectivity index (χ0v) is 26.8. The van der Waals surface area contributed by atoms with Crippen LogP contribution in [0.5, 0.6) is 0 Å². The molecular weight excluding hydrogens is 597 g/mol. The molecule has 0 saturated carbocycles. The van der Waals surface area contributed by atoms with E-state index in [2.05, 4.69) is 97.5 Å². The number of carbonyl (C=O) groups excluding carboxylic acids is 2. The van der Waals surface area contributed by atoms with Crippen LogP contribution in [-0.2, 0) is 6.42 Å². The van der Waals surface area contributed by atoms with Gasteiger partial charge in [0.15, 0.2) is 11.6 Å². The number of carbonyl (C=O) groups is 2. The second-order valence-corrected chi connectivity index (χ2v) is 11.9. The van der Waals surface area contributed by atoms with Crippen LogP contribution in [0.3, 0.4) is 0 Å². The molecule has 230 valence electrons. The fraction of sp³-hybridized carbons (Fsp3) is 0.0213. The van der Waals surface area contributed by atoms with Crippen LogP contribution in [0, 0.1) is 23.7 Å². The number of hydrogen-bond donors (Lipinski definition) is 0. The van der Waals surface area contributed by atoms with Crippen molar-refractivity contribution in [3.05, 3.63) is 203 Å². The zero-order valence-electron chi connectivity index (χ0n) is 26.8. The van der Waals surface area contributed by atoms with Crippen molar-refractivity contribution >= 4 is 11.6 Å². The third-order valence-electron chi connectivity index (χ3n) is 8.73. The Labute approximate surface area is 287 Å². The number of fused-ring (bicyclic) bond motifs is 3. The fourth-order valence-corrected chi connectivity index (χ4v) is 6.02. The van der Waals surface area contributed by atoms with Crippen LogP contribution in [0.1, 0.15) is 54.1 Å². The van der Waals surface area contributed by atoms with E-state index in [1.807, 2.05) is 48.5 Å². The van der Waals surface area contributed by atoms with Gasteiger partial charge in [0.05, 0.1) is 0 Å². The SMILES string of the molecule is C=CC(=O)c1ccc(C#Cc2ccc(-c3ccc4c(c3)Cc3cc(-c5ccc(C#Cc6ccc(C(=O)C=C)cc6)cc5)ccc3-4)cc2)cc1. The van der Waals surface area contributed by atoms with Crippen molar-refractivity contribution in [3.8, 4) is 57.1 Å². The Bertz CT molecular complexity index is 2210. The van der Waals surface area contributed by atoms with Crippen molar-refractivity contribution in [1.29, 1.82) is 0 Å². The first-order valence-electron chi connectivity index (χ1n) is 16.0. The summed E-state index contributed by atoms with van der Waals surface area (Å²) in [6.45, 7) is 7.07. The molecule has 0 N–H and O–H groups in total. The molecular formula is C47H30O2. The third kappa shape index (κ3) is 6.72. The van der Waals surface area contributed by atoms with Crippen molar-refractivity contribution in [3.63, 3.8) is 0 Å². The molecule has 0 aliphatic heterocycles. The summed E-state index contributed by atoms with van der Waals surface area (Å²) in [4.78, 5) is 23.5. The van der Waals surface area contributed by atoms with E-state index in [4.69, 9.17) is 0 Å². The minimum absolute atomic E-state index is 0.0930. The van der Waals surface area contributed by atoms with Crippen LogP contribution in [0.15, 0.2) is 159 Å². The second kappa shape index (κ2) is 13.5. The van der Waals surface area contributed by atoms with Gasteiger partial charge in [-0.15, -0.1) is 0 Å². The van der Waals surface area contributed by atoms with E-state index in [0.29, 0.717) is 11.1 Å². The summed E-state index contributed by atoms with van der Waals surface area (Å²) < 4.78 is 0. The van der Waals surface area contributed by atoms with Crippen LogP contribution >= 0.6 is 0 Å². The van der Waals surface area contributed by atoms with Crippen LogP contribution in [-0.4, -0.2) is 11.6 Å². The molecule has 0 heterocycles. The monoisotopic (exact) mass is 626 g/mol. The van der Waals surface area contributed by atoms with Gasteiger partial charge in [-0.05, 0) is 136 Å². The van der Waals surface area contributed by atoms with Gasteiger partial charge in [0, 0.05) is 33.4 Å². The predicted octanol–water partition coefficient (Wildman–Crippen LogP) is 10.1. The van der Waals surface area contributed by atoms with Crippen LogP contribution in [0.2, 0.25) is 0 Å². The second-order valence-electron chi connectivity index (χ2n) is 11.9. The Morgan fingerprint density at radius 3 is 1.06 bits per heavy atom. The van der Waals surface area contributed by atoms with E-state index in [1.165, 1.54) is 45.5 Å². The number of ketones is 2. The maximum absolute atomic E-state index is 11.8. The fourth-order valence-electron chi connectivity index (χ4n) is 6.02. The highest BCUT2D eigenvalue weighted by atomic mass is 16.1. The van der Waals surface area contributed by atoms with Crippen LogP contribution < -0.4 is 0 Å². The van der Waals surface area contributed by atoms with Gasteiger partial charge < -0.3 is 0 Å². The lowest BCUT2D eigenvalue weighted by molar-refractivity contribution is 0.103. The number of allylic oxidation sites excluding steroid dienone is 2. The highest BCUT2D eigenvalue weighted by molar-refractivity contribution is 6.04. The number of rotatable bonds is 6. The third-order valence-corrected chi connectivity index (χ3v) is 8.73. The van der Waals surface area contributed by atoms with Crippen molar-refractivity contribution < 1.29 is 9.59 Å². The van der Waals surface area contributed by atoms with Gasteiger partial charge in [0.2, 0.25) is 0 Å². The summed E-state index contributed by atoms with van der Waals surface area (Å²) in [6, 6.07) is 44.7. The minimum atomic E-state index is -0.0930. The molecule has 0 atom stereocenters. The molecule has 0 saturated heterocycles. The predicted molar refractivity (Wildman–Crippen MR) is 199 cm³/mol. The Kier molecular flexibility index (Phi) is 8.54. The maximum Gasteiger partial charge on any atom is 0.185 e. The summed E-state index contributed by atoms with van der Waals surface area (Å²) in [5, 5.41) is 0. The molecule has 1 aliphatic rings. The first-order valence-corrected chi connectivity index (χ1v) is 16.0. The van der Waals surface area contributed by atoms with E-state index in [0.717, 1.165) is 39.8 Å². The molecule has 1 aliphatic carbocycles. The number of hydrogen-bond acceptors (Lipinski definition) is 2. The zero-order chi connectivity index (χ0) is 33.7. The van der Waals surface area contributed by atoms with Gasteiger partial charge in [0.1, 0.15) is 0 Å². The van der Waals surface area contributed by atoms with Gasteiger partial charge >= 0.3 is 0 Å². The van der Waals surface area contributed by atoms with Gasteiger partial charge in [-0.3, -0.25) is 9.59 Å². The first kappa shape index (κ1) is 30.9. The van der Waals surface area contributed by atoms with Gasteiger partial charge in [-0.2, -0.15) is 0 Å². The largest absolute Gasteiger partial charge is 0.289 e. The average Bonchev–Trinajstić information content (AvgIpc) is 3.53. The molecule has 6 aromatic rings. The topological polar surface area (TPSA) is 34.1 Å². The van der Waals surface area contributed by atoms with Crippen molar-refractivity contribution in [2.24, 2.45) is 0 Å². The van der Waals surface area contributed by atoms with Gasteiger partial charge in [-0.1, -0.05) is 97.5 Å². The molecule has 0 radical (unpaired) electrons. The Morgan fingerprint density at radius 1 is 0.429 bits per heavy atom. The van der Waals surface area contributed by atoms with Crippen LogP contribution in [0.25, 0.3) is 33.4 Å². The normalized spacial score (nSPS) is 10.8. The van der Waals surface area contributed by atoms with E-state index >= 15 is 0 Å². The molecule has 49 heavy (non-hydrogen) atoms. The molecule has 0 unspecified atom stereocenters. The maximum atomic E-state index is 11.8. The summed E-state index contributed by atoms with van der Waals surface area (Å²) in [5.74, 6) is 12.6. The van der Waals surface area contributed by atoms with Gasteiger partial charge in [-0.25, -0.2) is 0 Å². The van der Waals surface area contributed by atoms with Crippen LogP contribution in [0.4, 0.5) is 0 Å². The molecule has 2 nitrogen and oxygen atoms in total. The smallest absolute Gasteiger partial charge is 0.185 e. The lowest BCUT2D eigenvalue weighted by Gasteiger charge is -2.07. The molecule has 0 aromatic heterocycles. The molecule has 6 aromatic carbocycles. The standard InChI is InChI=1S/C47H30O2/c1-3-46(48)38-21-13-34(14-22-38)7-5-32-9-17-36(18-10-32)40-25-27-44-42(29-40)31-43-30-41(26-28-45(43)44)37-19-11-33(12-20-37)6-8-35-15-23-39(24-16-35)47(49)4-2/h3-4,9-30H,1-2,31H2.